The number of hydrogen-bond acceptors (Lipinski definition) is 4. The van der Waals surface area contributed by atoms with Gasteiger partial charge in [-0.2, -0.15) is 0 Å². The third-order valence-electron chi connectivity index (χ3n) is 2.83. The summed E-state index contributed by atoms with van der Waals surface area (Å²) in [7, 11) is 3.95. The zero-order chi connectivity index (χ0) is 12.0. The van der Waals surface area contributed by atoms with Crippen LogP contribution in [0.4, 0.5) is 0 Å². The van der Waals surface area contributed by atoms with E-state index in [0.29, 0.717) is 19.2 Å². The molecule has 0 aromatic heterocycles. The third-order valence-corrected chi connectivity index (χ3v) is 2.83. The second-order valence-electron chi connectivity index (χ2n) is 5.34. The van der Waals surface area contributed by atoms with E-state index in [1.165, 1.54) is 12.8 Å². The molecule has 0 amide bonds. The van der Waals surface area contributed by atoms with E-state index in [1.807, 2.05) is 25.9 Å². The molecule has 0 saturated carbocycles. The molecule has 1 aliphatic heterocycles. The minimum Gasteiger partial charge on any atom is -0.388 e. The lowest BCUT2D eigenvalue weighted by Crippen LogP contribution is -2.46. The highest BCUT2D eigenvalue weighted by atomic mass is 16.5. The predicted molar refractivity (Wildman–Crippen MR) is 65.6 cm³/mol. The first-order valence-electron chi connectivity index (χ1n) is 6.19. The quantitative estimate of drug-likeness (QED) is 0.624. The first-order chi connectivity index (χ1) is 7.49. The number of hydrogen-bond donors (Lipinski definition) is 2. The molecule has 0 bridgehead atoms. The Balaban J connectivity index is 2.04. The maximum Gasteiger partial charge on any atom is 0.0869 e. The Morgan fingerprint density at radius 2 is 2.25 bits per heavy atom. The molecule has 0 spiro atoms. The summed E-state index contributed by atoms with van der Waals surface area (Å²) < 4.78 is 5.54. The lowest BCUT2D eigenvalue weighted by Gasteiger charge is -2.27. The second-order valence-corrected chi connectivity index (χ2v) is 5.34. The Hall–Kier alpha value is -0.160. The average molecular weight is 230 g/mol. The van der Waals surface area contributed by atoms with Crippen LogP contribution in [0.15, 0.2) is 0 Å². The van der Waals surface area contributed by atoms with Gasteiger partial charge >= 0.3 is 0 Å². The zero-order valence-corrected chi connectivity index (χ0v) is 10.8. The zero-order valence-electron chi connectivity index (χ0n) is 10.8. The molecule has 0 aliphatic carbocycles. The molecule has 16 heavy (non-hydrogen) atoms. The summed E-state index contributed by atoms with van der Waals surface area (Å²) in [5.74, 6) is 0. The fourth-order valence-electron chi connectivity index (χ4n) is 2.23. The Bertz CT molecular complexity index is 189. The molecule has 1 aliphatic rings. The van der Waals surface area contributed by atoms with E-state index in [9.17, 15) is 5.11 Å². The first-order valence-corrected chi connectivity index (χ1v) is 6.19. The van der Waals surface area contributed by atoms with Gasteiger partial charge in [-0.05, 0) is 46.8 Å². The van der Waals surface area contributed by atoms with E-state index in [0.717, 1.165) is 19.6 Å². The fraction of sp³-hybridized carbons (Fsp3) is 1.00. The van der Waals surface area contributed by atoms with Crippen LogP contribution in [0, 0.1) is 0 Å². The second kappa shape index (κ2) is 6.55. The topological polar surface area (TPSA) is 44.7 Å². The van der Waals surface area contributed by atoms with Crippen LogP contribution in [-0.4, -0.2) is 62.0 Å². The van der Waals surface area contributed by atoms with Crippen molar-refractivity contribution in [1.82, 2.24) is 10.2 Å². The van der Waals surface area contributed by atoms with Crippen LogP contribution >= 0.6 is 0 Å². The van der Waals surface area contributed by atoms with Gasteiger partial charge in [-0.1, -0.05) is 0 Å². The van der Waals surface area contributed by atoms with Gasteiger partial charge in [0, 0.05) is 19.7 Å². The molecule has 1 saturated heterocycles. The third kappa shape index (κ3) is 5.80. The van der Waals surface area contributed by atoms with Crippen molar-refractivity contribution >= 4 is 0 Å². The van der Waals surface area contributed by atoms with Crippen molar-refractivity contribution in [2.24, 2.45) is 0 Å². The number of aliphatic hydroxyl groups is 1. The van der Waals surface area contributed by atoms with Crippen LogP contribution in [0.1, 0.15) is 26.2 Å². The summed E-state index contributed by atoms with van der Waals surface area (Å²) in [6, 6.07) is 0. The van der Waals surface area contributed by atoms with Crippen LogP contribution in [-0.2, 0) is 4.74 Å². The van der Waals surface area contributed by atoms with Gasteiger partial charge in [0.2, 0.25) is 0 Å². The number of nitrogens with zero attached hydrogens (tertiary/aromatic N) is 1. The number of rotatable bonds is 7. The van der Waals surface area contributed by atoms with Gasteiger partial charge in [-0.25, -0.2) is 0 Å². The van der Waals surface area contributed by atoms with Crippen molar-refractivity contribution in [3.05, 3.63) is 0 Å². The van der Waals surface area contributed by atoms with Crippen LogP contribution in [0.2, 0.25) is 0 Å². The maximum absolute atomic E-state index is 10.0. The van der Waals surface area contributed by atoms with Crippen molar-refractivity contribution < 1.29 is 9.84 Å². The van der Waals surface area contributed by atoms with Crippen molar-refractivity contribution in [3.8, 4) is 0 Å². The first kappa shape index (κ1) is 13.9. The SMILES string of the molecule is CN(C)CC(C)(O)CNCCC1CCCO1. The minimum absolute atomic E-state index is 0.436. The normalized spacial score (nSPS) is 24.9. The molecule has 0 aromatic carbocycles. The van der Waals surface area contributed by atoms with Crippen molar-refractivity contribution in [3.63, 3.8) is 0 Å². The smallest absolute Gasteiger partial charge is 0.0869 e. The van der Waals surface area contributed by atoms with Gasteiger partial charge in [0.15, 0.2) is 0 Å². The highest BCUT2D eigenvalue weighted by molar-refractivity contribution is 4.78. The van der Waals surface area contributed by atoms with Crippen molar-refractivity contribution in [2.75, 3.05) is 40.3 Å². The fourth-order valence-corrected chi connectivity index (χ4v) is 2.23. The van der Waals surface area contributed by atoms with Gasteiger partial charge in [-0.3, -0.25) is 0 Å². The number of ether oxygens (including phenoxy) is 1. The van der Waals surface area contributed by atoms with E-state index in [1.54, 1.807) is 0 Å². The standard InChI is InChI=1S/C12H26N2O2/c1-12(15,10-14(2)3)9-13-7-6-11-5-4-8-16-11/h11,13,15H,4-10H2,1-3H3. The average Bonchev–Trinajstić information content (AvgIpc) is 2.62. The lowest BCUT2D eigenvalue weighted by atomic mass is 10.1. The van der Waals surface area contributed by atoms with Gasteiger partial charge in [-0.15, -0.1) is 0 Å². The van der Waals surface area contributed by atoms with E-state index in [2.05, 4.69) is 5.32 Å². The summed E-state index contributed by atoms with van der Waals surface area (Å²) >= 11 is 0. The molecule has 1 rings (SSSR count). The molecular weight excluding hydrogens is 204 g/mol. The summed E-state index contributed by atoms with van der Waals surface area (Å²) in [4.78, 5) is 2.00. The molecule has 2 unspecified atom stereocenters. The predicted octanol–water partition coefficient (Wildman–Crippen LogP) is 0.458. The molecule has 1 heterocycles. The van der Waals surface area contributed by atoms with Gasteiger partial charge in [0.25, 0.3) is 0 Å². The van der Waals surface area contributed by atoms with Gasteiger partial charge < -0.3 is 20.1 Å². The minimum atomic E-state index is -0.653. The Morgan fingerprint density at radius 1 is 1.50 bits per heavy atom. The lowest BCUT2D eigenvalue weighted by molar-refractivity contribution is 0.0324. The molecule has 2 N–H and O–H groups in total. The van der Waals surface area contributed by atoms with Crippen LogP contribution in [0.3, 0.4) is 0 Å². The van der Waals surface area contributed by atoms with Gasteiger partial charge in [0.05, 0.1) is 11.7 Å². The van der Waals surface area contributed by atoms with Crippen molar-refractivity contribution in [2.45, 2.75) is 37.9 Å². The van der Waals surface area contributed by atoms with Gasteiger partial charge in [0.1, 0.15) is 0 Å². The summed E-state index contributed by atoms with van der Waals surface area (Å²) in [6.07, 6.45) is 3.88. The molecule has 96 valence electrons. The molecule has 0 aromatic rings. The Morgan fingerprint density at radius 3 is 2.81 bits per heavy atom. The maximum atomic E-state index is 10.0. The van der Waals surface area contributed by atoms with Crippen LogP contribution in [0.25, 0.3) is 0 Å². The van der Waals surface area contributed by atoms with Crippen molar-refractivity contribution in [1.29, 1.82) is 0 Å². The molecular formula is C12H26N2O2. The molecule has 2 atom stereocenters. The summed E-state index contributed by atoms with van der Waals surface area (Å²) in [6.45, 7) is 5.03. The van der Waals surface area contributed by atoms with Crippen LogP contribution < -0.4 is 5.32 Å². The Labute approximate surface area is 99.0 Å². The molecule has 0 radical (unpaired) electrons. The largest absolute Gasteiger partial charge is 0.388 e. The van der Waals surface area contributed by atoms with E-state index >= 15 is 0 Å². The van der Waals surface area contributed by atoms with E-state index in [-0.39, 0.29) is 0 Å². The Kier molecular flexibility index (Phi) is 5.69. The summed E-state index contributed by atoms with van der Waals surface area (Å²) in [5.41, 5.74) is -0.653. The highest BCUT2D eigenvalue weighted by Gasteiger charge is 2.21. The molecule has 4 heteroatoms. The molecule has 4 nitrogen and oxygen atoms in total. The van der Waals surface area contributed by atoms with E-state index < -0.39 is 5.60 Å². The number of nitrogens with one attached hydrogen (secondary N) is 1. The van der Waals surface area contributed by atoms with E-state index in [4.69, 9.17) is 4.74 Å². The number of likely N-dealkylation sites (N-methyl/N-ethyl adjacent to an activating group) is 1. The highest BCUT2D eigenvalue weighted by Crippen LogP contribution is 2.14. The molecule has 1 fully saturated rings. The summed E-state index contributed by atoms with van der Waals surface area (Å²) in [5, 5.41) is 13.3. The monoisotopic (exact) mass is 230 g/mol. The van der Waals surface area contributed by atoms with Crippen LogP contribution in [0.5, 0.6) is 0 Å².